The van der Waals surface area contributed by atoms with Gasteiger partial charge in [-0.1, -0.05) is 81.4 Å². The zero-order valence-electron chi connectivity index (χ0n) is 17.8. The number of aromatic nitrogens is 3. The third-order valence-corrected chi connectivity index (χ3v) is 5.19. The zero-order valence-corrected chi connectivity index (χ0v) is 17.8. The Hall–Kier alpha value is -3.47. The highest BCUT2D eigenvalue weighted by molar-refractivity contribution is 6.00. The van der Waals surface area contributed by atoms with Crippen molar-refractivity contribution in [3.63, 3.8) is 0 Å². The molecule has 0 fully saturated rings. The highest BCUT2D eigenvalue weighted by Crippen LogP contribution is 2.28. The summed E-state index contributed by atoms with van der Waals surface area (Å²) in [7, 11) is 0. The molecule has 0 saturated carbocycles. The van der Waals surface area contributed by atoms with Crippen molar-refractivity contribution < 1.29 is 4.79 Å². The molecule has 2 aromatic heterocycles. The van der Waals surface area contributed by atoms with Gasteiger partial charge >= 0.3 is 0 Å². The summed E-state index contributed by atoms with van der Waals surface area (Å²) in [5.41, 5.74) is 4.76. The fraction of sp³-hybridized carbons (Fsp3) is 0.240. The van der Waals surface area contributed by atoms with Gasteiger partial charge in [0.15, 0.2) is 5.65 Å². The van der Waals surface area contributed by atoms with Crippen LogP contribution in [0.25, 0.3) is 16.9 Å². The smallest absolute Gasteiger partial charge is 0.255 e. The molecule has 0 spiro atoms. The van der Waals surface area contributed by atoms with E-state index in [4.69, 9.17) is 5.10 Å². The van der Waals surface area contributed by atoms with Crippen LogP contribution < -0.4 is 5.32 Å². The van der Waals surface area contributed by atoms with E-state index in [1.165, 1.54) is 0 Å². The quantitative estimate of drug-likeness (QED) is 0.515. The van der Waals surface area contributed by atoms with Crippen LogP contribution in [0.4, 0.5) is 0 Å². The maximum Gasteiger partial charge on any atom is 0.255 e. The van der Waals surface area contributed by atoms with Crippen LogP contribution in [0.1, 0.15) is 55.4 Å². The summed E-state index contributed by atoms with van der Waals surface area (Å²) in [5, 5.41) is 7.92. The normalized spacial score (nSPS) is 12.7. The summed E-state index contributed by atoms with van der Waals surface area (Å²) in [4.78, 5) is 17.8. The minimum atomic E-state index is -0.174. The third-order valence-electron chi connectivity index (χ3n) is 5.19. The first kappa shape index (κ1) is 19.8. The van der Waals surface area contributed by atoms with Crippen molar-refractivity contribution in [1.82, 2.24) is 19.9 Å². The van der Waals surface area contributed by atoms with Crippen LogP contribution in [0.15, 0.2) is 72.9 Å². The van der Waals surface area contributed by atoms with Crippen LogP contribution in [-0.2, 0) is 5.41 Å². The van der Waals surface area contributed by atoms with Crippen molar-refractivity contribution in [2.24, 2.45) is 0 Å². The number of fused-ring (bicyclic) bond motifs is 1. The lowest BCUT2D eigenvalue weighted by Crippen LogP contribution is -2.28. The molecule has 0 aliphatic heterocycles. The van der Waals surface area contributed by atoms with Crippen molar-refractivity contribution in [2.45, 2.75) is 39.2 Å². The van der Waals surface area contributed by atoms with Crippen LogP contribution >= 0.6 is 0 Å². The molecular formula is C25H26N4O. The van der Waals surface area contributed by atoms with E-state index in [1.54, 1.807) is 10.7 Å². The molecule has 0 bridgehead atoms. The Balaban J connectivity index is 1.82. The van der Waals surface area contributed by atoms with E-state index in [-0.39, 0.29) is 17.4 Å². The van der Waals surface area contributed by atoms with Gasteiger partial charge in [-0.25, -0.2) is 9.50 Å². The van der Waals surface area contributed by atoms with E-state index in [0.717, 1.165) is 28.2 Å². The molecule has 1 amide bonds. The van der Waals surface area contributed by atoms with Gasteiger partial charge in [0.2, 0.25) is 0 Å². The van der Waals surface area contributed by atoms with Gasteiger partial charge in [0, 0.05) is 23.2 Å². The summed E-state index contributed by atoms with van der Waals surface area (Å²) in [6, 6.07) is 21.7. The molecule has 2 aromatic carbocycles. The van der Waals surface area contributed by atoms with Gasteiger partial charge in [-0.2, -0.15) is 5.10 Å². The Bertz CT molecular complexity index is 1170. The lowest BCUT2D eigenvalue weighted by molar-refractivity contribution is 0.0939. The molecule has 5 nitrogen and oxygen atoms in total. The summed E-state index contributed by atoms with van der Waals surface area (Å²) < 4.78 is 1.79. The van der Waals surface area contributed by atoms with Crippen LogP contribution in [0.2, 0.25) is 0 Å². The first-order valence-electron chi connectivity index (χ1n) is 10.1. The standard InChI is InChI=1S/C25H26N4O/c1-17(18-11-7-5-8-12-18)27-24(30)20-16-26-22-15-21(25(2,3)4)28-29(22)23(20)19-13-9-6-10-14-19/h5-17H,1-4H3,(H,27,30). The Morgan fingerprint density at radius 1 is 1.00 bits per heavy atom. The molecule has 5 heteroatoms. The Morgan fingerprint density at radius 2 is 1.63 bits per heavy atom. The number of hydrogen-bond acceptors (Lipinski definition) is 3. The Labute approximate surface area is 176 Å². The number of nitrogens with one attached hydrogen (secondary N) is 1. The Morgan fingerprint density at radius 3 is 2.27 bits per heavy atom. The molecular weight excluding hydrogens is 372 g/mol. The molecule has 30 heavy (non-hydrogen) atoms. The average Bonchev–Trinajstić information content (AvgIpc) is 3.19. The molecule has 0 radical (unpaired) electrons. The molecule has 1 unspecified atom stereocenters. The van der Waals surface area contributed by atoms with E-state index < -0.39 is 0 Å². The number of amides is 1. The molecule has 0 saturated heterocycles. The van der Waals surface area contributed by atoms with Gasteiger partial charge in [0.05, 0.1) is 23.0 Å². The number of nitrogens with zero attached hydrogens (tertiary/aromatic N) is 3. The first-order chi connectivity index (χ1) is 14.3. The second kappa shape index (κ2) is 7.75. The maximum absolute atomic E-state index is 13.3. The number of carbonyl (C=O) groups excluding carboxylic acids is 1. The van der Waals surface area contributed by atoms with Crippen molar-refractivity contribution >= 4 is 11.6 Å². The minimum Gasteiger partial charge on any atom is -0.345 e. The predicted molar refractivity (Wildman–Crippen MR) is 119 cm³/mol. The van der Waals surface area contributed by atoms with E-state index in [2.05, 4.69) is 31.1 Å². The second-order valence-corrected chi connectivity index (χ2v) is 8.54. The lowest BCUT2D eigenvalue weighted by atomic mass is 9.93. The number of carbonyl (C=O) groups is 1. The molecule has 0 aliphatic rings. The monoisotopic (exact) mass is 398 g/mol. The fourth-order valence-electron chi connectivity index (χ4n) is 3.44. The van der Waals surface area contributed by atoms with Gasteiger partial charge in [-0.3, -0.25) is 4.79 Å². The molecule has 0 aliphatic carbocycles. The predicted octanol–water partition coefficient (Wildman–Crippen LogP) is 5.18. The highest BCUT2D eigenvalue weighted by Gasteiger charge is 2.23. The molecule has 4 rings (SSSR count). The molecule has 1 atom stereocenters. The topological polar surface area (TPSA) is 59.3 Å². The molecule has 1 N–H and O–H groups in total. The largest absolute Gasteiger partial charge is 0.345 e. The summed E-state index contributed by atoms with van der Waals surface area (Å²) >= 11 is 0. The van der Waals surface area contributed by atoms with Crippen LogP contribution in [0.5, 0.6) is 0 Å². The van der Waals surface area contributed by atoms with Gasteiger partial charge in [0.25, 0.3) is 5.91 Å². The summed E-state index contributed by atoms with van der Waals surface area (Å²) in [6.45, 7) is 8.33. The molecule has 152 valence electrons. The fourth-order valence-corrected chi connectivity index (χ4v) is 3.44. The van der Waals surface area contributed by atoms with E-state index in [9.17, 15) is 4.79 Å². The zero-order chi connectivity index (χ0) is 21.3. The van der Waals surface area contributed by atoms with E-state index in [1.807, 2.05) is 73.7 Å². The van der Waals surface area contributed by atoms with Crippen LogP contribution in [0.3, 0.4) is 0 Å². The lowest BCUT2D eigenvalue weighted by Gasteiger charge is -2.17. The van der Waals surface area contributed by atoms with Gasteiger partial charge in [0.1, 0.15) is 0 Å². The Kier molecular flexibility index (Phi) is 5.12. The van der Waals surface area contributed by atoms with Crippen molar-refractivity contribution in [2.75, 3.05) is 0 Å². The summed E-state index contributed by atoms with van der Waals surface area (Å²) in [6.07, 6.45) is 1.65. The van der Waals surface area contributed by atoms with Crippen LogP contribution in [-0.4, -0.2) is 20.5 Å². The number of hydrogen-bond donors (Lipinski definition) is 1. The van der Waals surface area contributed by atoms with Gasteiger partial charge in [-0.05, 0) is 12.5 Å². The SMILES string of the molecule is CC(NC(=O)c1cnc2cc(C(C)(C)C)nn2c1-c1ccccc1)c1ccccc1. The van der Waals surface area contributed by atoms with Gasteiger partial charge in [-0.15, -0.1) is 0 Å². The van der Waals surface area contributed by atoms with Crippen molar-refractivity contribution in [1.29, 1.82) is 0 Å². The van der Waals surface area contributed by atoms with E-state index in [0.29, 0.717) is 5.56 Å². The van der Waals surface area contributed by atoms with Gasteiger partial charge < -0.3 is 5.32 Å². The minimum absolute atomic E-state index is 0.119. The maximum atomic E-state index is 13.3. The average molecular weight is 399 g/mol. The summed E-state index contributed by atoms with van der Waals surface area (Å²) in [5.74, 6) is -0.174. The second-order valence-electron chi connectivity index (χ2n) is 8.54. The molecule has 2 heterocycles. The molecule has 4 aromatic rings. The number of rotatable bonds is 4. The number of benzene rings is 2. The van der Waals surface area contributed by atoms with Crippen molar-refractivity contribution in [3.8, 4) is 11.3 Å². The third kappa shape index (κ3) is 3.83. The van der Waals surface area contributed by atoms with Crippen LogP contribution in [0, 0.1) is 0 Å². The highest BCUT2D eigenvalue weighted by atomic mass is 16.1. The van der Waals surface area contributed by atoms with E-state index >= 15 is 0 Å². The van der Waals surface area contributed by atoms with Crippen molar-refractivity contribution in [3.05, 3.63) is 89.7 Å². The first-order valence-corrected chi connectivity index (χ1v) is 10.1.